The van der Waals surface area contributed by atoms with Crippen LogP contribution in [0.4, 0.5) is 4.79 Å². The van der Waals surface area contributed by atoms with E-state index in [-0.39, 0.29) is 0 Å². The van der Waals surface area contributed by atoms with Crippen molar-refractivity contribution in [1.29, 1.82) is 0 Å². The third kappa shape index (κ3) is 2.20. The Morgan fingerprint density at radius 3 is 1.81 bits per heavy atom. The van der Waals surface area contributed by atoms with E-state index in [2.05, 4.69) is 16.1 Å². The first-order valence-corrected chi connectivity index (χ1v) is 5.41. The number of rotatable bonds is 5. The van der Waals surface area contributed by atoms with Gasteiger partial charge in [-0.3, -0.25) is 9.59 Å². The van der Waals surface area contributed by atoms with E-state index in [0.29, 0.717) is 6.08 Å². The largest absolute Gasteiger partial charge is 0.513 e. The van der Waals surface area contributed by atoms with E-state index in [1.54, 1.807) is 0 Å². The van der Waals surface area contributed by atoms with Gasteiger partial charge in [-0.05, 0) is 6.42 Å². The molecule has 0 spiro atoms. The highest BCUT2D eigenvalue weighted by Gasteiger charge is 2.77. The second-order valence-corrected chi connectivity index (χ2v) is 4.12. The number of carboxylic acid groups (broad SMARTS) is 3. The van der Waals surface area contributed by atoms with Crippen LogP contribution in [0.15, 0.2) is 12.7 Å². The minimum Gasteiger partial charge on any atom is -0.480 e. The topological polar surface area (TPSA) is 165 Å². The number of carboxylic acids is 2. The van der Waals surface area contributed by atoms with Crippen LogP contribution in [-0.2, 0) is 28.7 Å². The summed E-state index contributed by atoms with van der Waals surface area (Å²) in [4.78, 5) is 56.0. The molecule has 1 fully saturated rings. The van der Waals surface area contributed by atoms with Crippen molar-refractivity contribution < 1.29 is 48.8 Å². The molecule has 0 aromatic heterocycles. The van der Waals surface area contributed by atoms with Crippen molar-refractivity contribution in [3.8, 4) is 0 Å². The van der Waals surface area contributed by atoms with E-state index in [9.17, 15) is 24.0 Å². The van der Waals surface area contributed by atoms with E-state index in [0.717, 1.165) is 0 Å². The van der Waals surface area contributed by atoms with Crippen LogP contribution in [0.5, 0.6) is 0 Å². The first kappa shape index (κ1) is 16.1. The molecule has 1 rings (SSSR count). The summed E-state index contributed by atoms with van der Waals surface area (Å²) >= 11 is 0. The molecule has 0 aliphatic heterocycles. The fourth-order valence-corrected chi connectivity index (χ4v) is 2.08. The monoisotopic (exact) mass is 302 g/mol. The van der Waals surface area contributed by atoms with E-state index in [1.165, 1.54) is 0 Å². The maximum absolute atomic E-state index is 11.8. The third-order valence-electron chi connectivity index (χ3n) is 3.22. The molecule has 0 aromatic rings. The minimum absolute atomic E-state index is 0.517. The number of aliphatic carboxylic acids is 2. The van der Waals surface area contributed by atoms with Crippen LogP contribution in [0.25, 0.3) is 0 Å². The summed E-state index contributed by atoms with van der Waals surface area (Å²) < 4.78 is 8.37. The molecular weight excluding hydrogens is 292 g/mol. The molecule has 1 saturated carbocycles. The van der Waals surface area contributed by atoms with Gasteiger partial charge in [0.25, 0.3) is 0 Å². The van der Waals surface area contributed by atoms with Gasteiger partial charge < -0.3 is 24.8 Å². The van der Waals surface area contributed by atoms with E-state index >= 15 is 0 Å². The van der Waals surface area contributed by atoms with Crippen LogP contribution in [0, 0.1) is 5.41 Å². The van der Waals surface area contributed by atoms with Crippen molar-refractivity contribution in [3.05, 3.63) is 12.7 Å². The fourth-order valence-electron chi connectivity index (χ4n) is 2.08. The molecule has 0 amide bonds. The summed E-state index contributed by atoms with van der Waals surface area (Å²) in [7, 11) is 0. The van der Waals surface area contributed by atoms with Crippen molar-refractivity contribution >= 4 is 30.0 Å². The predicted octanol–water partition coefficient (Wildman–Crippen LogP) is -0.375. The maximum atomic E-state index is 11.8. The van der Waals surface area contributed by atoms with Gasteiger partial charge in [0, 0.05) is 12.5 Å². The molecule has 1 unspecified atom stereocenters. The average molecular weight is 302 g/mol. The zero-order valence-electron chi connectivity index (χ0n) is 10.4. The first-order chi connectivity index (χ1) is 9.64. The Kier molecular flexibility index (Phi) is 4.02. The molecule has 1 aliphatic carbocycles. The summed E-state index contributed by atoms with van der Waals surface area (Å²) in [6, 6.07) is 0. The number of hydrogen-bond acceptors (Lipinski definition) is 7. The van der Waals surface area contributed by atoms with Crippen LogP contribution in [0.2, 0.25) is 0 Å². The van der Waals surface area contributed by atoms with Gasteiger partial charge in [0.1, 0.15) is 0 Å². The Morgan fingerprint density at radius 2 is 1.52 bits per heavy atom. The second-order valence-electron chi connectivity index (χ2n) is 4.12. The van der Waals surface area contributed by atoms with Gasteiger partial charge in [0.2, 0.25) is 11.0 Å². The van der Waals surface area contributed by atoms with Crippen LogP contribution < -0.4 is 0 Å². The lowest BCUT2D eigenvalue weighted by atomic mass is 9.56. The van der Waals surface area contributed by atoms with Crippen molar-refractivity contribution in [2.24, 2.45) is 5.41 Å². The summed E-state index contributed by atoms with van der Waals surface area (Å²) in [5.74, 6) is -6.99. The fraction of sp³-hybridized carbons (Fsp3) is 0.364. The molecule has 0 radical (unpaired) electrons. The highest BCUT2D eigenvalue weighted by Crippen LogP contribution is 2.54. The lowest BCUT2D eigenvalue weighted by Gasteiger charge is -2.49. The molecule has 0 saturated heterocycles. The van der Waals surface area contributed by atoms with Crippen molar-refractivity contribution in [2.75, 3.05) is 0 Å². The van der Waals surface area contributed by atoms with Gasteiger partial charge in [0.15, 0.2) is 0 Å². The van der Waals surface area contributed by atoms with Crippen molar-refractivity contribution in [3.63, 3.8) is 0 Å². The summed E-state index contributed by atoms with van der Waals surface area (Å²) in [5, 5.41) is 26.6. The lowest BCUT2D eigenvalue weighted by Crippen LogP contribution is -2.71. The number of carbonyl (C=O) groups is 5. The van der Waals surface area contributed by atoms with Gasteiger partial charge >= 0.3 is 30.0 Å². The van der Waals surface area contributed by atoms with E-state index in [4.69, 9.17) is 15.3 Å². The first-order valence-electron chi connectivity index (χ1n) is 5.41. The standard InChI is InChI=1S/C11H10O10/c1-2-5(12)21-11(8(17)20-9(18)19)4-3-10(11,6(13)14)7(15)16/h2H,1,3-4H2,(H,13,14)(H,15,16)(H,18,19). The van der Waals surface area contributed by atoms with Crippen LogP contribution in [0.3, 0.4) is 0 Å². The molecule has 0 bridgehead atoms. The minimum atomic E-state index is -2.82. The number of ether oxygens (including phenoxy) is 2. The van der Waals surface area contributed by atoms with Crippen LogP contribution in [0.1, 0.15) is 12.8 Å². The molecule has 21 heavy (non-hydrogen) atoms. The van der Waals surface area contributed by atoms with E-state index in [1.807, 2.05) is 0 Å². The highest BCUT2D eigenvalue weighted by atomic mass is 16.7. The quantitative estimate of drug-likeness (QED) is 0.346. The Bertz CT molecular complexity index is 533. The molecule has 1 atom stereocenters. The van der Waals surface area contributed by atoms with E-state index < -0.39 is 53.9 Å². The van der Waals surface area contributed by atoms with Gasteiger partial charge in [-0.25, -0.2) is 14.4 Å². The smallest absolute Gasteiger partial charge is 0.480 e. The normalized spacial score (nSPS) is 22.3. The molecule has 114 valence electrons. The zero-order chi connectivity index (χ0) is 16.4. The molecule has 0 heterocycles. The van der Waals surface area contributed by atoms with Gasteiger partial charge in [-0.15, -0.1) is 0 Å². The summed E-state index contributed by atoms with van der Waals surface area (Å²) in [6.07, 6.45) is -2.58. The maximum Gasteiger partial charge on any atom is 0.513 e. The van der Waals surface area contributed by atoms with Gasteiger partial charge in [0.05, 0.1) is 0 Å². The van der Waals surface area contributed by atoms with Crippen LogP contribution >= 0.6 is 0 Å². The van der Waals surface area contributed by atoms with Gasteiger partial charge in [-0.2, -0.15) is 0 Å². The Balaban J connectivity index is 3.38. The van der Waals surface area contributed by atoms with Crippen molar-refractivity contribution in [1.82, 2.24) is 0 Å². The van der Waals surface area contributed by atoms with Crippen LogP contribution in [-0.4, -0.2) is 51.0 Å². The Labute approximate surface area is 116 Å². The Morgan fingerprint density at radius 1 is 1.00 bits per heavy atom. The Hall–Kier alpha value is -2.91. The SMILES string of the molecule is C=CC(=O)OC1(C(=O)OC(=O)O)CCC1(C(=O)O)C(=O)O. The third-order valence-corrected chi connectivity index (χ3v) is 3.22. The molecule has 0 aromatic carbocycles. The molecular formula is C11H10O10. The molecule has 1 aliphatic rings. The average Bonchev–Trinajstić information content (AvgIpc) is 2.32. The summed E-state index contributed by atoms with van der Waals surface area (Å²) in [5.41, 5.74) is -5.59. The molecule has 3 N–H and O–H groups in total. The molecule has 10 nitrogen and oxygen atoms in total. The number of hydrogen-bond donors (Lipinski definition) is 3. The van der Waals surface area contributed by atoms with Crippen molar-refractivity contribution in [2.45, 2.75) is 18.4 Å². The highest BCUT2D eigenvalue weighted by molar-refractivity contribution is 6.09. The number of carbonyl (C=O) groups excluding carboxylic acids is 2. The summed E-state index contributed by atoms with van der Waals surface area (Å²) in [6.45, 7) is 3.02. The predicted molar refractivity (Wildman–Crippen MR) is 60.1 cm³/mol. The second kappa shape index (κ2) is 5.23. The number of esters is 2. The van der Waals surface area contributed by atoms with Gasteiger partial charge in [-0.1, -0.05) is 6.58 Å². The lowest BCUT2D eigenvalue weighted by molar-refractivity contribution is -0.230. The molecule has 10 heteroatoms. The zero-order valence-corrected chi connectivity index (χ0v) is 10.4.